The molecule has 142 valence electrons. The molecule has 3 rings (SSSR count). The number of carbonyl (C=O) groups is 3. The molecule has 1 aliphatic heterocycles. The van der Waals surface area contributed by atoms with Gasteiger partial charge in [-0.1, -0.05) is 0 Å². The van der Waals surface area contributed by atoms with E-state index in [1.165, 1.54) is 11.3 Å². The van der Waals surface area contributed by atoms with E-state index in [-0.39, 0.29) is 30.1 Å². The third kappa shape index (κ3) is 5.85. The maximum Gasteiger partial charge on any atom is 0.231 e. The molecule has 27 heavy (non-hydrogen) atoms. The molecule has 3 amide bonds. The number of nitrogens with one attached hydrogen (secondary N) is 3. The van der Waals surface area contributed by atoms with Crippen LogP contribution in [0.25, 0.3) is 0 Å². The first-order chi connectivity index (χ1) is 13.1. The maximum atomic E-state index is 12.2. The Morgan fingerprint density at radius 1 is 1.30 bits per heavy atom. The molecule has 0 radical (unpaired) electrons. The first kappa shape index (κ1) is 19.0. The number of aromatic nitrogens is 2. The van der Waals surface area contributed by atoms with Gasteiger partial charge in [0.05, 0.1) is 18.0 Å². The fraction of sp³-hybridized carbons (Fsp3) is 0.389. The fourth-order valence-corrected chi connectivity index (χ4v) is 3.45. The molecule has 0 saturated carbocycles. The molecule has 1 saturated heterocycles. The SMILES string of the molecule is O=C1CCC(C(=O)Nc2nc(CC(=O)NCCc3ccncc3)cs2)CN1. The molecule has 1 fully saturated rings. The van der Waals surface area contributed by atoms with Gasteiger partial charge in [-0.2, -0.15) is 0 Å². The lowest BCUT2D eigenvalue weighted by molar-refractivity contribution is -0.126. The molecule has 0 bridgehead atoms. The summed E-state index contributed by atoms with van der Waals surface area (Å²) >= 11 is 1.29. The summed E-state index contributed by atoms with van der Waals surface area (Å²) < 4.78 is 0. The van der Waals surface area contributed by atoms with Gasteiger partial charge in [-0.05, 0) is 30.5 Å². The number of carbonyl (C=O) groups excluding carboxylic acids is 3. The average molecular weight is 387 g/mol. The number of anilines is 1. The van der Waals surface area contributed by atoms with E-state index < -0.39 is 0 Å². The summed E-state index contributed by atoms with van der Waals surface area (Å²) in [5, 5.41) is 10.5. The van der Waals surface area contributed by atoms with Gasteiger partial charge in [0.1, 0.15) is 0 Å². The fourth-order valence-electron chi connectivity index (χ4n) is 2.73. The van der Waals surface area contributed by atoms with Crippen LogP contribution in [0.3, 0.4) is 0 Å². The van der Waals surface area contributed by atoms with Crippen LogP contribution in [-0.2, 0) is 27.2 Å². The van der Waals surface area contributed by atoms with Crippen LogP contribution in [0, 0.1) is 5.92 Å². The van der Waals surface area contributed by atoms with Gasteiger partial charge in [0.15, 0.2) is 5.13 Å². The average Bonchev–Trinajstić information content (AvgIpc) is 3.09. The van der Waals surface area contributed by atoms with Gasteiger partial charge < -0.3 is 16.0 Å². The molecule has 1 unspecified atom stereocenters. The maximum absolute atomic E-state index is 12.2. The summed E-state index contributed by atoms with van der Waals surface area (Å²) in [5.74, 6) is -0.531. The van der Waals surface area contributed by atoms with Gasteiger partial charge in [0.25, 0.3) is 0 Å². The first-order valence-electron chi connectivity index (χ1n) is 8.77. The predicted octanol–water partition coefficient (Wildman–Crippen LogP) is 0.904. The van der Waals surface area contributed by atoms with Crippen LogP contribution >= 0.6 is 11.3 Å². The first-order valence-corrected chi connectivity index (χ1v) is 9.65. The lowest BCUT2D eigenvalue weighted by atomic mass is 9.98. The van der Waals surface area contributed by atoms with Crippen LogP contribution in [0.4, 0.5) is 5.13 Å². The molecular formula is C18H21N5O3S. The minimum atomic E-state index is -0.244. The van der Waals surface area contributed by atoms with Gasteiger partial charge in [-0.15, -0.1) is 11.3 Å². The van der Waals surface area contributed by atoms with Crippen molar-refractivity contribution in [3.8, 4) is 0 Å². The topological polar surface area (TPSA) is 113 Å². The van der Waals surface area contributed by atoms with Crippen molar-refractivity contribution in [1.29, 1.82) is 0 Å². The van der Waals surface area contributed by atoms with Crippen LogP contribution in [0.5, 0.6) is 0 Å². The lowest BCUT2D eigenvalue weighted by Crippen LogP contribution is -2.40. The van der Waals surface area contributed by atoms with Crippen LogP contribution in [0.2, 0.25) is 0 Å². The van der Waals surface area contributed by atoms with E-state index in [0.29, 0.717) is 36.8 Å². The number of rotatable bonds is 7. The largest absolute Gasteiger partial charge is 0.355 e. The monoisotopic (exact) mass is 387 g/mol. The van der Waals surface area contributed by atoms with E-state index in [1.54, 1.807) is 17.8 Å². The minimum Gasteiger partial charge on any atom is -0.355 e. The Labute approximate surface area is 160 Å². The zero-order chi connectivity index (χ0) is 19.1. The molecule has 8 nitrogen and oxygen atoms in total. The highest BCUT2D eigenvalue weighted by Crippen LogP contribution is 2.19. The van der Waals surface area contributed by atoms with E-state index in [4.69, 9.17) is 0 Å². The second kappa shape index (κ2) is 9.22. The van der Waals surface area contributed by atoms with E-state index in [0.717, 1.165) is 12.0 Å². The Morgan fingerprint density at radius 2 is 2.11 bits per heavy atom. The molecule has 2 aromatic heterocycles. The number of thiazole rings is 1. The van der Waals surface area contributed by atoms with Crippen molar-refractivity contribution in [2.45, 2.75) is 25.7 Å². The Hall–Kier alpha value is -2.81. The second-order valence-corrected chi connectivity index (χ2v) is 7.16. The highest BCUT2D eigenvalue weighted by Gasteiger charge is 2.25. The Bertz CT molecular complexity index is 798. The van der Waals surface area contributed by atoms with E-state index in [2.05, 4.69) is 25.9 Å². The van der Waals surface area contributed by atoms with Crippen LogP contribution < -0.4 is 16.0 Å². The van der Waals surface area contributed by atoms with E-state index >= 15 is 0 Å². The van der Waals surface area contributed by atoms with Crippen molar-refractivity contribution in [2.24, 2.45) is 5.92 Å². The number of hydrogen-bond donors (Lipinski definition) is 3. The van der Waals surface area contributed by atoms with Crippen molar-refractivity contribution in [2.75, 3.05) is 18.4 Å². The molecule has 9 heteroatoms. The number of amides is 3. The van der Waals surface area contributed by atoms with Crippen molar-refractivity contribution in [3.05, 3.63) is 41.2 Å². The Balaban J connectivity index is 1.41. The molecule has 0 spiro atoms. The van der Waals surface area contributed by atoms with Crippen LogP contribution in [0.1, 0.15) is 24.1 Å². The lowest BCUT2D eigenvalue weighted by Gasteiger charge is -2.20. The summed E-state index contributed by atoms with van der Waals surface area (Å²) in [4.78, 5) is 43.6. The highest BCUT2D eigenvalue weighted by molar-refractivity contribution is 7.13. The third-order valence-corrected chi connectivity index (χ3v) is 5.05. The molecule has 1 aliphatic rings. The van der Waals surface area contributed by atoms with Crippen LogP contribution in [-0.4, -0.2) is 40.8 Å². The van der Waals surface area contributed by atoms with Crippen molar-refractivity contribution >= 4 is 34.2 Å². The van der Waals surface area contributed by atoms with Gasteiger partial charge in [-0.3, -0.25) is 19.4 Å². The summed E-state index contributed by atoms with van der Waals surface area (Å²) in [6.45, 7) is 0.896. The van der Waals surface area contributed by atoms with Crippen molar-refractivity contribution in [3.63, 3.8) is 0 Å². The van der Waals surface area contributed by atoms with Gasteiger partial charge in [0.2, 0.25) is 17.7 Å². The zero-order valence-corrected chi connectivity index (χ0v) is 15.6. The standard InChI is InChI=1S/C18H21N5O3S/c24-15-2-1-13(10-21-15)17(26)23-18-22-14(11-27-18)9-16(25)20-8-5-12-3-6-19-7-4-12/h3-4,6-7,11,13H,1-2,5,8-10H2,(H,20,25)(H,21,24)(H,22,23,26). The quantitative estimate of drug-likeness (QED) is 0.653. The summed E-state index contributed by atoms with van der Waals surface area (Å²) in [5.41, 5.74) is 1.73. The van der Waals surface area contributed by atoms with Crippen LogP contribution in [0.15, 0.2) is 29.9 Å². The number of nitrogens with zero attached hydrogens (tertiary/aromatic N) is 2. The molecule has 1 atom stereocenters. The van der Waals surface area contributed by atoms with Gasteiger partial charge >= 0.3 is 0 Å². The predicted molar refractivity (Wildman–Crippen MR) is 101 cm³/mol. The molecule has 0 aromatic carbocycles. The minimum absolute atomic E-state index is 0.0227. The number of pyridine rings is 1. The number of hydrogen-bond acceptors (Lipinski definition) is 6. The van der Waals surface area contributed by atoms with Crippen molar-refractivity contribution in [1.82, 2.24) is 20.6 Å². The van der Waals surface area contributed by atoms with E-state index in [1.807, 2.05) is 12.1 Å². The molecule has 3 heterocycles. The highest BCUT2D eigenvalue weighted by atomic mass is 32.1. The summed E-state index contributed by atoms with van der Waals surface area (Å²) in [6, 6.07) is 3.83. The van der Waals surface area contributed by atoms with Gasteiger partial charge in [0, 0.05) is 37.3 Å². The molecule has 2 aromatic rings. The Morgan fingerprint density at radius 3 is 2.85 bits per heavy atom. The number of piperidine rings is 1. The molecular weight excluding hydrogens is 366 g/mol. The summed E-state index contributed by atoms with van der Waals surface area (Å²) in [7, 11) is 0. The molecule has 0 aliphatic carbocycles. The van der Waals surface area contributed by atoms with Gasteiger partial charge in [-0.25, -0.2) is 4.98 Å². The smallest absolute Gasteiger partial charge is 0.231 e. The molecule has 3 N–H and O–H groups in total. The third-order valence-electron chi connectivity index (χ3n) is 4.25. The Kier molecular flexibility index (Phi) is 6.48. The second-order valence-electron chi connectivity index (χ2n) is 6.31. The zero-order valence-electron chi connectivity index (χ0n) is 14.7. The normalized spacial score (nSPS) is 16.4. The van der Waals surface area contributed by atoms with Crippen molar-refractivity contribution < 1.29 is 14.4 Å². The van der Waals surface area contributed by atoms with E-state index in [9.17, 15) is 14.4 Å². The summed E-state index contributed by atoms with van der Waals surface area (Å²) in [6.07, 6.45) is 5.26.